The van der Waals surface area contributed by atoms with Crippen LogP contribution in [-0.4, -0.2) is 26.3 Å². The number of hydrogen-bond acceptors (Lipinski definition) is 5. The predicted octanol–water partition coefficient (Wildman–Crippen LogP) is 6.45. The van der Waals surface area contributed by atoms with E-state index in [1.54, 1.807) is 32.0 Å². The fourth-order valence-corrected chi connectivity index (χ4v) is 5.12. The molecule has 2 heterocycles. The highest BCUT2D eigenvalue weighted by Gasteiger charge is 2.27. The van der Waals surface area contributed by atoms with Gasteiger partial charge in [0.1, 0.15) is 11.3 Å². The molecule has 0 unspecified atom stereocenters. The van der Waals surface area contributed by atoms with Crippen LogP contribution in [0.1, 0.15) is 19.5 Å². The number of hydrogen-bond donors (Lipinski definition) is 0. The van der Waals surface area contributed by atoms with Gasteiger partial charge < -0.3 is 14.4 Å². The van der Waals surface area contributed by atoms with Crippen molar-refractivity contribution in [3.05, 3.63) is 77.2 Å². The molecule has 1 aliphatic heterocycles. The van der Waals surface area contributed by atoms with Crippen molar-refractivity contribution in [2.24, 2.45) is 7.05 Å². The van der Waals surface area contributed by atoms with Crippen molar-refractivity contribution < 1.29 is 18.4 Å². The molecule has 0 fully saturated rings. The Kier molecular flexibility index (Phi) is 7.26. The monoisotopic (exact) mass is 490 g/mol. The molecule has 1 aromatic heterocycles. The number of thioether (sulfide) groups is 1. The molecule has 0 spiro atoms. The van der Waals surface area contributed by atoms with Crippen LogP contribution in [0.5, 0.6) is 11.5 Å². The van der Waals surface area contributed by atoms with Crippen LogP contribution < -0.4 is 18.9 Å². The molecule has 0 N–H and O–H groups in total. The fourth-order valence-electron chi connectivity index (χ4n) is 4.05. The SMILES string of the molecule is CC.COc1cc2c(/C=C3\Sc4ccc(F)cc4N3C)nc(-c3ccccc3)[n+](C)c2cc1OC. The van der Waals surface area contributed by atoms with Crippen LogP contribution >= 0.6 is 11.8 Å². The van der Waals surface area contributed by atoms with Gasteiger partial charge in [0.25, 0.3) is 0 Å². The summed E-state index contributed by atoms with van der Waals surface area (Å²) < 4.78 is 27.0. The van der Waals surface area contributed by atoms with E-state index in [-0.39, 0.29) is 5.82 Å². The van der Waals surface area contributed by atoms with E-state index >= 15 is 0 Å². The summed E-state index contributed by atoms with van der Waals surface area (Å²) in [5.74, 6) is 1.87. The molecular formula is C28H29FN3O2S+. The predicted molar refractivity (Wildman–Crippen MR) is 141 cm³/mol. The van der Waals surface area contributed by atoms with E-state index in [2.05, 4.69) is 4.57 Å². The third-order valence-corrected chi connectivity index (χ3v) is 6.97. The van der Waals surface area contributed by atoms with Crippen LogP contribution in [0.25, 0.3) is 28.4 Å². The number of methoxy groups -OCH3 is 2. The molecule has 5 rings (SSSR count). The first-order valence-corrected chi connectivity index (χ1v) is 12.3. The normalized spacial score (nSPS) is 13.5. The summed E-state index contributed by atoms with van der Waals surface area (Å²) in [4.78, 5) is 8.06. The van der Waals surface area contributed by atoms with Gasteiger partial charge in [-0.15, -0.1) is 0 Å². The van der Waals surface area contributed by atoms with Crippen LogP contribution in [0.15, 0.2) is 70.6 Å². The number of aryl methyl sites for hydroxylation is 1. The lowest BCUT2D eigenvalue weighted by molar-refractivity contribution is -0.636. The molecule has 4 aromatic rings. The molecule has 0 aliphatic carbocycles. The average Bonchev–Trinajstić information content (AvgIpc) is 3.20. The Labute approximate surface area is 209 Å². The number of nitrogens with zero attached hydrogens (tertiary/aromatic N) is 3. The van der Waals surface area contributed by atoms with E-state index in [0.717, 1.165) is 43.6 Å². The van der Waals surface area contributed by atoms with E-state index in [1.807, 2.05) is 87.4 Å². The maximum absolute atomic E-state index is 13.8. The molecule has 0 amide bonds. The van der Waals surface area contributed by atoms with Crippen LogP contribution in [-0.2, 0) is 7.05 Å². The third-order valence-electron chi connectivity index (χ3n) is 5.80. The zero-order chi connectivity index (χ0) is 25.1. The van der Waals surface area contributed by atoms with Crippen molar-refractivity contribution in [1.82, 2.24) is 4.98 Å². The van der Waals surface area contributed by atoms with Crippen molar-refractivity contribution in [3.63, 3.8) is 0 Å². The number of ether oxygens (including phenoxy) is 2. The van der Waals surface area contributed by atoms with Crippen LogP contribution in [0.3, 0.4) is 0 Å². The third kappa shape index (κ3) is 4.56. The molecule has 1 aliphatic rings. The molecule has 0 saturated heterocycles. The lowest BCUT2D eigenvalue weighted by Crippen LogP contribution is -2.34. The van der Waals surface area contributed by atoms with Gasteiger partial charge in [0, 0.05) is 24.1 Å². The number of aromatic nitrogens is 2. The second kappa shape index (κ2) is 10.4. The lowest BCUT2D eigenvalue weighted by Gasteiger charge is -2.14. The van der Waals surface area contributed by atoms with Crippen molar-refractivity contribution >= 4 is 34.4 Å². The molecular weight excluding hydrogens is 461 g/mol. The van der Waals surface area contributed by atoms with Crippen LogP contribution in [0.2, 0.25) is 0 Å². The van der Waals surface area contributed by atoms with Gasteiger partial charge >= 0.3 is 5.82 Å². The van der Waals surface area contributed by atoms with Gasteiger partial charge in [0.2, 0.25) is 0 Å². The first-order valence-electron chi connectivity index (χ1n) is 11.4. The second-order valence-electron chi connectivity index (χ2n) is 7.73. The van der Waals surface area contributed by atoms with Crippen LogP contribution in [0, 0.1) is 5.82 Å². The molecule has 0 radical (unpaired) electrons. The van der Waals surface area contributed by atoms with Gasteiger partial charge in [-0.25, -0.2) is 8.96 Å². The maximum Gasteiger partial charge on any atom is 0.331 e. The quantitative estimate of drug-likeness (QED) is 0.308. The molecule has 0 bridgehead atoms. The van der Waals surface area contributed by atoms with E-state index in [0.29, 0.717) is 11.5 Å². The molecule has 35 heavy (non-hydrogen) atoms. The second-order valence-corrected chi connectivity index (χ2v) is 8.79. The number of halogens is 1. The standard InChI is InChI=1S/C26H23FN3O2S.C2H6/c1-29-21-12-17(27)10-11-24(21)33-25(29)14-19-18-13-22(31-3)23(32-4)15-20(18)30(2)26(28-19)16-8-6-5-7-9-16;1-2/h5-15H,1-4H3;1-2H3/q+1;. The lowest BCUT2D eigenvalue weighted by atomic mass is 10.1. The molecule has 7 heteroatoms. The number of rotatable bonds is 4. The number of anilines is 1. The van der Waals surface area contributed by atoms with Crippen LogP contribution in [0.4, 0.5) is 10.1 Å². The molecule has 0 atom stereocenters. The largest absolute Gasteiger partial charge is 0.493 e. The van der Waals surface area contributed by atoms with Gasteiger partial charge in [0.05, 0.1) is 42.9 Å². The van der Waals surface area contributed by atoms with E-state index in [1.165, 1.54) is 6.07 Å². The fraction of sp³-hybridized carbons (Fsp3) is 0.214. The van der Waals surface area contributed by atoms with Gasteiger partial charge in [-0.3, -0.25) is 0 Å². The van der Waals surface area contributed by atoms with Gasteiger partial charge in [-0.1, -0.05) is 43.8 Å². The number of fused-ring (bicyclic) bond motifs is 2. The van der Waals surface area contributed by atoms with Crippen molar-refractivity contribution in [1.29, 1.82) is 0 Å². The molecule has 3 aromatic carbocycles. The number of benzene rings is 3. The zero-order valence-corrected chi connectivity index (χ0v) is 21.6. The van der Waals surface area contributed by atoms with E-state index in [4.69, 9.17) is 14.5 Å². The maximum atomic E-state index is 13.8. The topological polar surface area (TPSA) is 38.5 Å². The average molecular weight is 491 g/mol. The summed E-state index contributed by atoms with van der Waals surface area (Å²) in [5, 5.41) is 1.89. The van der Waals surface area contributed by atoms with Gasteiger partial charge in [-0.2, -0.15) is 0 Å². The van der Waals surface area contributed by atoms with E-state index in [9.17, 15) is 4.39 Å². The first-order chi connectivity index (χ1) is 17.0. The Bertz CT molecular complexity index is 1410. The Hall–Kier alpha value is -3.58. The highest BCUT2D eigenvalue weighted by molar-refractivity contribution is 8.03. The highest BCUT2D eigenvalue weighted by atomic mass is 32.2. The Balaban J connectivity index is 0.00000141. The van der Waals surface area contributed by atoms with Crippen molar-refractivity contribution in [2.45, 2.75) is 18.7 Å². The Morgan fingerprint density at radius 3 is 2.34 bits per heavy atom. The minimum atomic E-state index is -0.249. The summed E-state index contributed by atoms with van der Waals surface area (Å²) in [7, 11) is 7.19. The molecule has 180 valence electrons. The van der Waals surface area contributed by atoms with E-state index < -0.39 is 0 Å². The summed E-state index contributed by atoms with van der Waals surface area (Å²) in [6.07, 6.45) is 2.04. The Morgan fingerprint density at radius 2 is 1.66 bits per heavy atom. The summed E-state index contributed by atoms with van der Waals surface area (Å²) >= 11 is 1.60. The van der Waals surface area contributed by atoms with Crippen molar-refractivity contribution in [3.8, 4) is 22.9 Å². The zero-order valence-electron chi connectivity index (χ0n) is 20.8. The highest BCUT2D eigenvalue weighted by Crippen LogP contribution is 2.46. The minimum Gasteiger partial charge on any atom is -0.493 e. The van der Waals surface area contributed by atoms with Gasteiger partial charge in [0.15, 0.2) is 17.2 Å². The summed E-state index contributed by atoms with van der Waals surface area (Å²) in [5.41, 5.74) is 3.61. The van der Waals surface area contributed by atoms with Gasteiger partial charge in [-0.05, 0) is 41.4 Å². The summed E-state index contributed by atoms with van der Waals surface area (Å²) in [6, 6.07) is 18.9. The molecule has 0 saturated carbocycles. The first kappa shape index (κ1) is 24.5. The van der Waals surface area contributed by atoms with Crippen molar-refractivity contribution in [2.75, 3.05) is 26.2 Å². The molecule has 5 nitrogen and oxygen atoms in total. The summed E-state index contributed by atoms with van der Waals surface area (Å²) in [6.45, 7) is 4.00. The Morgan fingerprint density at radius 1 is 0.971 bits per heavy atom. The minimum absolute atomic E-state index is 0.249. The smallest absolute Gasteiger partial charge is 0.331 e.